The number of nitrogens with zero attached hydrogens (tertiary/aromatic N) is 3. The molecular formula is C17H12IN3. The monoisotopic (exact) mass is 385 g/mol. The van der Waals surface area contributed by atoms with E-state index in [-0.39, 0.29) is 0 Å². The summed E-state index contributed by atoms with van der Waals surface area (Å²) in [7, 11) is 0. The van der Waals surface area contributed by atoms with Crippen LogP contribution in [0.5, 0.6) is 0 Å². The van der Waals surface area contributed by atoms with Crippen molar-refractivity contribution in [2.75, 3.05) is 0 Å². The van der Waals surface area contributed by atoms with E-state index in [1.807, 2.05) is 6.07 Å². The first kappa shape index (κ1) is 12.8. The molecule has 0 unspecified atom stereocenters. The lowest BCUT2D eigenvalue weighted by atomic mass is 10.1. The Kier molecular flexibility index (Phi) is 2.92. The van der Waals surface area contributed by atoms with Crippen LogP contribution in [-0.4, -0.2) is 14.6 Å². The van der Waals surface area contributed by atoms with Crippen LogP contribution in [0.4, 0.5) is 0 Å². The first-order valence-electron chi connectivity index (χ1n) is 6.73. The molecule has 4 rings (SSSR count). The Bertz CT molecular complexity index is 955. The lowest BCUT2D eigenvalue weighted by molar-refractivity contribution is 1.08. The first-order chi connectivity index (χ1) is 10.2. The molecule has 102 valence electrons. The Balaban J connectivity index is 2.08. The summed E-state index contributed by atoms with van der Waals surface area (Å²) in [6.45, 7) is 2.10. The number of fused-ring (bicyclic) bond motifs is 3. The van der Waals surface area contributed by atoms with Gasteiger partial charge in [0, 0.05) is 20.2 Å². The van der Waals surface area contributed by atoms with Gasteiger partial charge in [-0.1, -0.05) is 36.4 Å². The number of benzene rings is 2. The fourth-order valence-electron chi connectivity index (χ4n) is 2.69. The van der Waals surface area contributed by atoms with Crippen molar-refractivity contribution in [1.29, 1.82) is 0 Å². The van der Waals surface area contributed by atoms with Crippen LogP contribution in [0.25, 0.3) is 27.8 Å². The maximum atomic E-state index is 4.42. The molecule has 0 bridgehead atoms. The van der Waals surface area contributed by atoms with Crippen molar-refractivity contribution in [1.82, 2.24) is 14.6 Å². The normalized spacial score (nSPS) is 11.3. The smallest absolute Gasteiger partial charge is 0.169 e. The highest BCUT2D eigenvalue weighted by atomic mass is 127. The fraction of sp³-hybridized carbons (Fsp3) is 0.0588. The zero-order chi connectivity index (χ0) is 14.4. The Labute approximate surface area is 135 Å². The van der Waals surface area contributed by atoms with E-state index in [0.717, 1.165) is 28.1 Å². The minimum atomic E-state index is 0.893. The SMILES string of the molecule is Cc1cc2ccccc2c2nnc(-c3ccc(I)cc3)n12. The third-order valence-electron chi connectivity index (χ3n) is 3.68. The molecule has 0 saturated carbocycles. The van der Waals surface area contributed by atoms with E-state index in [9.17, 15) is 0 Å². The fourth-order valence-corrected chi connectivity index (χ4v) is 3.05. The van der Waals surface area contributed by atoms with Crippen molar-refractivity contribution in [2.24, 2.45) is 0 Å². The number of halogens is 1. The maximum absolute atomic E-state index is 4.42. The molecule has 4 heteroatoms. The lowest BCUT2D eigenvalue weighted by Gasteiger charge is -2.07. The highest BCUT2D eigenvalue weighted by Crippen LogP contribution is 2.26. The predicted molar refractivity (Wildman–Crippen MR) is 93.4 cm³/mol. The minimum absolute atomic E-state index is 0.893. The average Bonchev–Trinajstić information content (AvgIpc) is 2.94. The second kappa shape index (κ2) is 4.80. The van der Waals surface area contributed by atoms with Gasteiger partial charge in [0.15, 0.2) is 11.5 Å². The van der Waals surface area contributed by atoms with Crippen molar-refractivity contribution in [3.05, 3.63) is 63.9 Å². The largest absolute Gasteiger partial charge is 0.279 e. The Morgan fingerprint density at radius 1 is 0.952 bits per heavy atom. The molecule has 4 aromatic rings. The number of hydrogen-bond donors (Lipinski definition) is 0. The summed E-state index contributed by atoms with van der Waals surface area (Å²) in [5, 5.41) is 11.2. The van der Waals surface area contributed by atoms with Gasteiger partial charge >= 0.3 is 0 Å². The molecule has 2 aromatic heterocycles. The molecule has 0 aliphatic heterocycles. The van der Waals surface area contributed by atoms with E-state index in [4.69, 9.17) is 0 Å². The van der Waals surface area contributed by atoms with Crippen molar-refractivity contribution < 1.29 is 0 Å². The second-order valence-corrected chi connectivity index (χ2v) is 6.31. The van der Waals surface area contributed by atoms with Gasteiger partial charge in [0.2, 0.25) is 0 Å². The Hall–Kier alpha value is -1.95. The summed E-state index contributed by atoms with van der Waals surface area (Å²) < 4.78 is 3.34. The molecule has 0 amide bonds. The molecule has 2 aromatic carbocycles. The number of aryl methyl sites for hydroxylation is 1. The molecule has 0 fully saturated rings. The van der Waals surface area contributed by atoms with Gasteiger partial charge in [0.1, 0.15) is 0 Å². The molecule has 0 N–H and O–H groups in total. The molecule has 0 atom stereocenters. The van der Waals surface area contributed by atoms with E-state index < -0.39 is 0 Å². The molecule has 0 spiro atoms. The molecule has 21 heavy (non-hydrogen) atoms. The standard InChI is InChI=1S/C17H12IN3/c1-11-10-13-4-2-3-5-15(13)17-20-19-16(21(11)17)12-6-8-14(18)9-7-12/h2-10H,1H3. The van der Waals surface area contributed by atoms with Crippen LogP contribution < -0.4 is 0 Å². The zero-order valence-corrected chi connectivity index (χ0v) is 13.6. The van der Waals surface area contributed by atoms with Crippen molar-refractivity contribution in [3.8, 4) is 11.4 Å². The maximum Gasteiger partial charge on any atom is 0.169 e. The number of rotatable bonds is 1. The highest BCUT2D eigenvalue weighted by molar-refractivity contribution is 14.1. The van der Waals surface area contributed by atoms with E-state index >= 15 is 0 Å². The van der Waals surface area contributed by atoms with Gasteiger partial charge in [-0.3, -0.25) is 4.40 Å². The van der Waals surface area contributed by atoms with Gasteiger partial charge in [-0.05, 0) is 53.1 Å². The van der Waals surface area contributed by atoms with E-state index in [1.54, 1.807) is 0 Å². The first-order valence-corrected chi connectivity index (χ1v) is 7.81. The lowest BCUT2D eigenvalue weighted by Crippen LogP contribution is -1.95. The molecule has 2 heterocycles. The van der Waals surface area contributed by atoms with Crippen molar-refractivity contribution in [3.63, 3.8) is 0 Å². The molecular weight excluding hydrogens is 373 g/mol. The Morgan fingerprint density at radius 2 is 1.71 bits per heavy atom. The van der Waals surface area contributed by atoms with Gasteiger partial charge in [0.05, 0.1) is 0 Å². The van der Waals surface area contributed by atoms with Crippen LogP contribution in [0.15, 0.2) is 54.6 Å². The second-order valence-electron chi connectivity index (χ2n) is 5.06. The van der Waals surface area contributed by atoms with Crippen LogP contribution in [0.1, 0.15) is 5.69 Å². The average molecular weight is 385 g/mol. The number of hydrogen-bond acceptors (Lipinski definition) is 2. The van der Waals surface area contributed by atoms with Gasteiger partial charge in [-0.2, -0.15) is 0 Å². The van der Waals surface area contributed by atoms with E-state index in [1.165, 1.54) is 8.96 Å². The quantitative estimate of drug-likeness (QED) is 0.453. The molecule has 0 aliphatic rings. The highest BCUT2D eigenvalue weighted by Gasteiger charge is 2.12. The summed E-state index contributed by atoms with van der Waals surface area (Å²) in [6, 6.07) is 18.8. The van der Waals surface area contributed by atoms with Crippen LogP contribution in [0.3, 0.4) is 0 Å². The van der Waals surface area contributed by atoms with E-state index in [2.05, 4.69) is 92.6 Å². The van der Waals surface area contributed by atoms with Gasteiger partial charge in [-0.15, -0.1) is 10.2 Å². The third-order valence-corrected chi connectivity index (χ3v) is 4.40. The summed E-state index contributed by atoms with van der Waals surface area (Å²) in [6.07, 6.45) is 0. The third kappa shape index (κ3) is 2.01. The summed E-state index contributed by atoms with van der Waals surface area (Å²) in [5.41, 5.74) is 3.14. The number of aromatic nitrogens is 3. The van der Waals surface area contributed by atoms with Gasteiger partial charge in [0.25, 0.3) is 0 Å². The molecule has 0 radical (unpaired) electrons. The topological polar surface area (TPSA) is 30.2 Å². The summed E-state index contributed by atoms with van der Waals surface area (Å²) in [4.78, 5) is 0. The summed E-state index contributed by atoms with van der Waals surface area (Å²) >= 11 is 2.31. The van der Waals surface area contributed by atoms with Gasteiger partial charge in [-0.25, -0.2) is 0 Å². The summed E-state index contributed by atoms with van der Waals surface area (Å²) in [5.74, 6) is 0.893. The molecule has 0 aliphatic carbocycles. The van der Waals surface area contributed by atoms with Crippen LogP contribution in [0.2, 0.25) is 0 Å². The molecule has 0 saturated heterocycles. The zero-order valence-electron chi connectivity index (χ0n) is 11.4. The van der Waals surface area contributed by atoms with Crippen molar-refractivity contribution in [2.45, 2.75) is 6.92 Å². The minimum Gasteiger partial charge on any atom is -0.279 e. The van der Waals surface area contributed by atoms with Gasteiger partial charge < -0.3 is 0 Å². The number of pyridine rings is 1. The van der Waals surface area contributed by atoms with Crippen molar-refractivity contribution >= 4 is 39.0 Å². The predicted octanol–water partition coefficient (Wildman–Crippen LogP) is 4.46. The van der Waals surface area contributed by atoms with Crippen LogP contribution in [-0.2, 0) is 0 Å². The van der Waals surface area contributed by atoms with E-state index in [0.29, 0.717) is 0 Å². The Morgan fingerprint density at radius 3 is 2.52 bits per heavy atom. The van der Waals surface area contributed by atoms with Crippen LogP contribution in [0, 0.1) is 10.5 Å². The van der Waals surface area contributed by atoms with Crippen LogP contribution >= 0.6 is 22.6 Å². The molecule has 3 nitrogen and oxygen atoms in total.